The van der Waals surface area contributed by atoms with Gasteiger partial charge in [0.25, 0.3) is 0 Å². The average molecular weight is 343 g/mol. The zero-order valence-electron chi connectivity index (χ0n) is 14.4. The molecule has 1 atom stereocenters. The molecule has 3 rings (SSSR count). The number of alkyl halides is 1. The van der Waals surface area contributed by atoms with Gasteiger partial charge in [0.2, 0.25) is 5.91 Å². The van der Waals surface area contributed by atoms with E-state index < -0.39 is 11.0 Å². The standard InChI is InChI=1S/C18H31ClN2O2/c1-15(19)16(22)21-12-8-17(9-13-21)4-6-18(23,7-5-17)14-20-10-2-3-11-20/h15,23H,2-14H2,1H3. The van der Waals surface area contributed by atoms with Crippen LogP contribution in [0.15, 0.2) is 0 Å². The van der Waals surface area contributed by atoms with Crippen LogP contribution in [0.5, 0.6) is 0 Å². The molecule has 2 saturated heterocycles. The molecule has 132 valence electrons. The Morgan fingerprint density at radius 1 is 1.04 bits per heavy atom. The molecule has 2 aliphatic heterocycles. The highest BCUT2D eigenvalue weighted by Gasteiger charge is 2.44. The molecule has 0 bridgehead atoms. The van der Waals surface area contributed by atoms with Crippen molar-refractivity contribution in [3.05, 3.63) is 0 Å². The maximum Gasteiger partial charge on any atom is 0.240 e. The van der Waals surface area contributed by atoms with Crippen molar-refractivity contribution in [2.45, 2.75) is 69.3 Å². The van der Waals surface area contributed by atoms with E-state index in [0.29, 0.717) is 5.41 Å². The van der Waals surface area contributed by atoms with Crippen LogP contribution >= 0.6 is 11.6 Å². The molecule has 0 aromatic rings. The summed E-state index contributed by atoms with van der Waals surface area (Å²) < 4.78 is 0. The lowest BCUT2D eigenvalue weighted by Crippen LogP contribution is -2.51. The SMILES string of the molecule is CC(Cl)C(=O)N1CCC2(CC1)CCC(O)(CN1CCCC1)CC2. The van der Waals surface area contributed by atoms with Crippen molar-refractivity contribution in [2.75, 3.05) is 32.7 Å². The normalized spacial score (nSPS) is 28.9. The summed E-state index contributed by atoms with van der Waals surface area (Å²) in [7, 11) is 0. The smallest absolute Gasteiger partial charge is 0.240 e. The van der Waals surface area contributed by atoms with Gasteiger partial charge in [0.15, 0.2) is 0 Å². The number of hydrogen-bond acceptors (Lipinski definition) is 3. The summed E-state index contributed by atoms with van der Waals surface area (Å²) in [4.78, 5) is 16.4. The number of amides is 1. The van der Waals surface area contributed by atoms with E-state index in [-0.39, 0.29) is 5.91 Å². The van der Waals surface area contributed by atoms with E-state index in [2.05, 4.69) is 4.90 Å². The van der Waals surface area contributed by atoms with E-state index in [1.807, 2.05) is 4.90 Å². The van der Waals surface area contributed by atoms with Gasteiger partial charge >= 0.3 is 0 Å². The average Bonchev–Trinajstić information content (AvgIpc) is 3.03. The summed E-state index contributed by atoms with van der Waals surface area (Å²) in [6, 6.07) is 0. The van der Waals surface area contributed by atoms with Gasteiger partial charge in [-0.25, -0.2) is 0 Å². The van der Waals surface area contributed by atoms with Crippen LogP contribution in [0, 0.1) is 5.41 Å². The van der Waals surface area contributed by atoms with Crippen molar-refractivity contribution in [3.8, 4) is 0 Å². The molecule has 1 aliphatic carbocycles. The Morgan fingerprint density at radius 3 is 2.13 bits per heavy atom. The van der Waals surface area contributed by atoms with Crippen LogP contribution < -0.4 is 0 Å². The highest BCUT2D eigenvalue weighted by molar-refractivity contribution is 6.30. The van der Waals surface area contributed by atoms with Crippen LogP contribution in [0.25, 0.3) is 0 Å². The Kier molecular flexibility index (Phi) is 5.24. The summed E-state index contributed by atoms with van der Waals surface area (Å²) in [5, 5.41) is 10.5. The summed E-state index contributed by atoms with van der Waals surface area (Å²) in [6.45, 7) is 6.59. The van der Waals surface area contributed by atoms with Gasteiger partial charge < -0.3 is 14.9 Å². The maximum absolute atomic E-state index is 12.0. The number of carbonyl (C=O) groups excluding carboxylic acids is 1. The molecule has 3 aliphatic rings. The predicted octanol–water partition coefficient (Wildman–Crippen LogP) is 2.62. The first kappa shape index (κ1) is 17.5. The summed E-state index contributed by atoms with van der Waals surface area (Å²) in [5.74, 6) is 0.0721. The van der Waals surface area contributed by atoms with E-state index in [1.165, 1.54) is 12.8 Å². The molecule has 23 heavy (non-hydrogen) atoms. The molecule has 1 amide bonds. The number of piperidine rings is 1. The second-order valence-electron chi connectivity index (χ2n) is 8.15. The van der Waals surface area contributed by atoms with Crippen LogP contribution in [0.2, 0.25) is 0 Å². The summed E-state index contributed by atoms with van der Waals surface area (Å²) in [6.07, 6.45) is 8.76. The molecule has 0 aromatic carbocycles. The third kappa shape index (κ3) is 4.02. The predicted molar refractivity (Wildman–Crippen MR) is 92.7 cm³/mol. The number of β-amino-alcohol motifs (C(OH)–C–C–N with tert-alkyl or cyclic N) is 1. The van der Waals surface area contributed by atoms with Crippen LogP contribution in [0.1, 0.15) is 58.3 Å². The van der Waals surface area contributed by atoms with Gasteiger partial charge in [-0.1, -0.05) is 0 Å². The minimum absolute atomic E-state index is 0.0721. The molecule has 4 nitrogen and oxygen atoms in total. The third-order valence-electron chi connectivity index (χ3n) is 6.43. The fourth-order valence-corrected chi connectivity index (χ4v) is 4.85. The fourth-order valence-electron chi connectivity index (χ4n) is 4.71. The number of halogens is 1. The van der Waals surface area contributed by atoms with Gasteiger partial charge in [0.1, 0.15) is 5.38 Å². The van der Waals surface area contributed by atoms with Crippen molar-refractivity contribution < 1.29 is 9.90 Å². The molecule has 1 N–H and O–H groups in total. The van der Waals surface area contributed by atoms with Crippen LogP contribution in [-0.2, 0) is 4.79 Å². The number of likely N-dealkylation sites (tertiary alicyclic amines) is 2. The molecular weight excluding hydrogens is 312 g/mol. The first-order valence-corrected chi connectivity index (χ1v) is 9.73. The van der Waals surface area contributed by atoms with Gasteiger partial charge in [0, 0.05) is 19.6 Å². The largest absolute Gasteiger partial charge is 0.389 e. The van der Waals surface area contributed by atoms with Crippen molar-refractivity contribution >= 4 is 17.5 Å². The molecule has 1 unspecified atom stereocenters. The highest BCUT2D eigenvalue weighted by atomic mass is 35.5. The van der Waals surface area contributed by atoms with Crippen LogP contribution in [0.4, 0.5) is 0 Å². The Labute approximate surface area is 145 Å². The highest BCUT2D eigenvalue weighted by Crippen LogP contribution is 2.48. The zero-order chi connectivity index (χ0) is 16.5. The summed E-state index contributed by atoms with van der Waals surface area (Å²) in [5.41, 5.74) is -0.128. The Morgan fingerprint density at radius 2 is 1.61 bits per heavy atom. The van der Waals surface area contributed by atoms with Crippen molar-refractivity contribution in [2.24, 2.45) is 5.41 Å². The molecular formula is C18H31ClN2O2. The number of aliphatic hydroxyl groups is 1. The first-order chi connectivity index (χ1) is 10.9. The fraction of sp³-hybridized carbons (Fsp3) is 0.944. The molecule has 3 fully saturated rings. The minimum atomic E-state index is -0.479. The molecule has 5 heteroatoms. The topological polar surface area (TPSA) is 43.8 Å². The van der Waals surface area contributed by atoms with E-state index in [9.17, 15) is 9.90 Å². The quantitative estimate of drug-likeness (QED) is 0.802. The summed E-state index contributed by atoms with van der Waals surface area (Å²) >= 11 is 5.93. The van der Waals surface area contributed by atoms with Gasteiger partial charge in [-0.2, -0.15) is 0 Å². The van der Waals surface area contributed by atoms with Crippen LogP contribution in [0.3, 0.4) is 0 Å². The van der Waals surface area contributed by atoms with Crippen molar-refractivity contribution in [1.82, 2.24) is 9.80 Å². The Hall–Kier alpha value is -0.320. The molecule has 0 radical (unpaired) electrons. The second kappa shape index (κ2) is 6.89. The number of carbonyl (C=O) groups is 1. The van der Waals surface area contributed by atoms with Crippen molar-refractivity contribution in [3.63, 3.8) is 0 Å². The Balaban J connectivity index is 1.50. The van der Waals surface area contributed by atoms with Crippen LogP contribution in [-0.4, -0.2) is 64.5 Å². The first-order valence-electron chi connectivity index (χ1n) is 9.29. The monoisotopic (exact) mass is 342 g/mol. The van der Waals surface area contributed by atoms with E-state index in [1.54, 1.807) is 6.92 Å². The lowest BCUT2D eigenvalue weighted by Gasteiger charge is -2.49. The molecule has 0 aromatic heterocycles. The van der Waals surface area contributed by atoms with Gasteiger partial charge in [-0.15, -0.1) is 11.6 Å². The second-order valence-corrected chi connectivity index (χ2v) is 8.80. The third-order valence-corrected chi connectivity index (χ3v) is 6.62. The minimum Gasteiger partial charge on any atom is -0.389 e. The number of nitrogens with zero attached hydrogens (tertiary/aromatic N) is 2. The molecule has 1 spiro atoms. The zero-order valence-corrected chi connectivity index (χ0v) is 15.2. The number of hydrogen-bond donors (Lipinski definition) is 1. The van der Waals surface area contributed by atoms with Gasteiger partial charge in [0.05, 0.1) is 5.60 Å². The van der Waals surface area contributed by atoms with E-state index in [4.69, 9.17) is 11.6 Å². The number of rotatable bonds is 3. The lowest BCUT2D eigenvalue weighted by atomic mass is 9.64. The molecule has 2 heterocycles. The molecule has 1 saturated carbocycles. The van der Waals surface area contributed by atoms with Gasteiger partial charge in [-0.05, 0) is 76.8 Å². The Bertz CT molecular complexity index is 417. The van der Waals surface area contributed by atoms with Gasteiger partial charge in [-0.3, -0.25) is 4.79 Å². The van der Waals surface area contributed by atoms with E-state index in [0.717, 1.165) is 71.2 Å². The lowest BCUT2D eigenvalue weighted by molar-refractivity contribution is -0.134. The maximum atomic E-state index is 12.0. The van der Waals surface area contributed by atoms with Crippen molar-refractivity contribution in [1.29, 1.82) is 0 Å². The van der Waals surface area contributed by atoms with E-state index >= 15 is 0 Å².